The topological polar surface area (TPSA) is 46.6 Å². The van der Waals surface area contributed by atoms with Gasteiger partial charge >= 0.3 is 0 Å². The second-order valence-electron chi connectivity index (χ2n) is 5.11. The van der Waals surface area contributed by atoms with Crippen LogP contribution < -0.4 is 0 Å². The molecule has 1 rings (SSSR count). The summed E-state index contributed by atoms with van der Waals surface area (Å²) in [4.78, 5) is 2.12. The maximum Gasteiger partial charge on any atom is 0.148 e. The Morgan fingerprint density at radius 2 is 1.94 bits per heavy atom. The van der Waals surface area contributed by atoms with Gasteiger partial charge in [-0.1, -0.05) is 15.9 Å². The van der Waals surface area contributed by atoms with Crippen molar-refractivity contribution in [3.8, 4) is 0 Å². The molecule has 0 amide bonds. The summed E-state index contributed by atoms with van der Waals surface area (Å²) in [6.45, 7) is 3.16. The molecule has 0 atom stereocenters. The van der Waals surface area contributed by atoms with Crippen LogP contribution in [0.2, 0.25) is 0 Å². The second kappa shape index (κ2) is 6.50. The molecule has 1 aliphatic rings. The summed E-state index contributed by atoms with van der Waals surface area (Å²) >= 11 is 3.59. The molecule has 0 radical (unpaired) electrons. The van der Waals surface area contributed by atoms with E-state index in [4.69, 9.17) is 4.74 Å². The summed E-state index contributed by atoms with van der Waals surface area (Å²) in [6, 6.07) is 0. The molecule has 1 fully saturated rings. The fourth-order valence-electron chi connectivity index (χ4n) is 2.11. The average molecular weight is 328 g/mol. The highest BCUT2D eigenvalue weighted by Crippen LogP contribution is 2.33. The number of alkyl halides is 1. The fraction of sp³-hybridized carbons (Fsp3) is 1.00. The van der Waals surface area contributed by atoms with E-state index in [1.165, 1.54) is 6.26 Å². The standard InChI is InChI=1S/C11H22BrNO3S/c1-13(5-8-17(2,14)15)10-11(9-12)3-6-16-7-4-11/h3-10H2,1-2H3. The van der Waals surface area contributed by atoms with Gasteiger partial charge in [-0.3, -0.25) is 0 Å². The van der Waals surface area contributed by atoms with Crippen molar-refractivity contribution in [1.82, 2.24) is 4.90 Å². The van der Waals surface area contributed by atoms with Crippen LogP contribution in [0.15, 0.2) is 0 Å². The van der Waals surface area contributed by atoms with E-state index in [-0.39, 0.29) is 11.2 Å². The Morgan fingerprint density at radius 1 is 1.35 bits per heavy atom. The highest BCUT2D eigenvalue weighted by Gasteiger charge is 2.32. The molecule has 0 bridgehead atoms. The number of halogens is 1. The Labute approximate surface area is 113 Å². The summed E-state index contributed by atoms with van der Waals surface area (Å²) in [5.41, 5.74) is 0.241. The van der Waals surface area contributed by atoms with Gasteiger partial charge in [0.15, 0.2) is 0 Å². The first kappa shape index (κ1) is 15.4. The minimum Gasteiger partial charge on any atom is -0.381 e. The van der Waals surface area contributed by atoms with Gasteiger partial charge in [0.1, 0.15) is 9.84 Å². The van der Waals surface area contributed by atoms with E-state index in [0.29, 0.717) is 6.54 Å². The highest BCUT2D eigenvalue weighted by atomic mass is 79.9. The lowest BCUT2D eigenvalue weighted by Gasteiger charge is -2.38. The summed E-state index contributed by atoms with van der Waals surface area (Å²) < 4.78 is 27.6. The number of hydrogen-bond acceptors (Lipinski definition) is 4. The molecular formula is C11H22BrNO3S. The molecule has 1 heterocycles. The SMILES string of the molecule is CN(CCS(C)(=O)=O)CC1(CBr)CCOCC1. The molecule has 102 valence electrons. The normalized spacial score (nSPS) is 20.7. The van der Waals surface area contributed by atoms with Crippen LogP contribution in [0.1, 0.15) is 12.8 Å². The molecule has 0 unspecified atom stereocenters. The van der Waals surface area contributed by atoms with E-state index in [2.05, 4.69) is 20.8 Å². The van der Waals surface area contributed by atoms with Crippen molar-refractivity contribution in [3.05, 3.63) is 0 Å². The van der Waals surface area contributed by atoms with Crippen LogP contribution in [-0.4, -0.2) is 64.0 Å². The molecule has 0 aromatic heterocycles. The molecule has 6 heteroatoms. The van der Waals surface area contributed by atoms with Gasteiger partial charge in [-0.15, -0.1) is 0 Å². The van der Waals surface area contributed by atoms with Crippen LogP contribution in [0.4, 0.5) is 0 Å². The van der Waals surface area contributed by atoms with Crippen LogP contribution in [0.5, 0.6) is 0 Å². The lowest BCUT2D eigenvalue weighted by Crippen LogP contribution is -2.42. The van der Waals surface area contributed by atoms with E-state index < -0.39 is 9.84 Å². The first-order valence-corrected chi connectivity index (χ1v) is 9.05. The third-order valence-corrected chi connectivity index (χ3v) is 5.40. The molecule has 0 aromatic rings. The second-order valence-corrected chi connectivity index (χ2v) is 7.93. The Bertz CT molecular complexity index is 326. The number of nitrogens with zero attached hydrogens (tertiary/aromatic N) is 1. The van der Waals surface area contributed by atoms with Crippen molar-refractivity contribution in [2.24, 2.45) is 5.41 Å². The Morgan fingerprint density at radius 3 is 2.41 bits per heavy atom. The first-order valence-electron chi connectivity index (χ1n) is 5.87. The monoisotopic (exact) mass is 327 g/mol. The minimum atomic E-state index is -2.86. The quantitative estimate of drug-likeness (QED) is 0.687. The van der Waals surface area contributed by atoms with Gasteiger partial charge in [0, 0.05) is 37.9 Å². The van der Waals surface area contributed by atoms with Crippen LogP contribution in [0, 0.1) is 5.41 Å². The number of sulfone groups is 1. The Kier molecular flexibility index (Phi) is 5.89. The molecule has 0 aliphatic carbocycles. The molecule has 0 N–H and O–H groups in total. The van der Waals surface area contributed by atoms with Gasteiger partial charge in [-0.05, 0) is 25.3 Å². The Hall–Kier alpha value is 0.350. The lowest BCUT2D eigenvalue weighted by atomic mass is 9.82. The van der Waals surface area contributed by atoms with Gasteiger partial charge in [-0.2, -0.15) is 0 Å². The number of rotatable bonds is 6. The van der Waals surface area contributed by atoms with Crippen LogP contribution >= 0.6 is 15.9 Å². The predicted octanol–water partition coefficient (Wildman–Crippen LogP) is 1.15. The molecule has 17 heavy (non-hydrogen) atoms. The zero-order valence-electron chi connectivity index (χ0n) is 10.6. The summed E-state index contributed by atoms with van der Waals surface area (Å²) in [6.07, 6.45) is 3.37. The molecule has 0 spiro atoms. The highest BCUT2D eigenvalue weighted by molar-refractivity contribution is 9.09. The van der Waals surface area contributed by atoms with Gasteiger partial charge in [0.25, 0.3) is 0 Å². The minimum absolute atomic E-state index is 0.234. The largest absolute Gasteiger partial charge is 0.381 e. The van der Waals surface area contributed by atoms with Gasteiger partial charge < -0.3 is 9.64 Å². The third-order valence-electron chi connectivity index (χ3n) is 3.29. The number of hydrogen-bond donors (Lipinski definition) is 0. The lowest BCUT2D eigenvalue weighted by molar-refractivity contribution is 0.0128. The summed E-state index contributed by atoms with van der Waals surface area (Å²) in [5, 5.41) is 0.951. The van der Waals surface area contributed by atoms with Crippen molar-refractivity contribution in [1.29, 1.82) is 0 Å². The molecule has 0 saturated carbocycles. The smallest absolute Gasteiger partial charge is 0.148 e. The molecule has 1 saturated heterocycles. The maximum absolute atomic E-state index is 11.1. The zero-order chi connectivity index (χ0) is 12.9. The van der Waals surface area contributed by atoms with E-state index in [9.17, 15) is 8.42 Å². The summed E-state index contributed by atoms with van der Waals surface area (Å²) in [5.74, 6) is 0.234. The predicted molar refractivity (Wildman–Crippen MR) is 73.5 cm³/mol. The van der Waals surface area contributed by atoms with E-state index in [1.54, 1.807) is 0 Å². The van der Waals surface area contributed by atoms with E-state index >= 15 is 0 Å². The van der Waals surface area contributed by atoms with Crippen molar-refractivity contribution in [3.63, 3.8) is 0 Å². The maximum atomic E-state index is 11.1. The van der Waals surface area contributed by atoms with Crippen LogP contribution in [0.3, 0.4) is 0 Å². The number of ether oxygens (including phenoxy) is 1. The third kappa shape index (κ3) is 5.68. The molecular weight excluding hydrogens is 306 g/mol. The van der Waals surface area contributed by atoms with Crippen LogP contribution in [0.25, 0.3) is 0 Å². The van der Waals surface area contributed by atoms with Gasteiger partial charge in [-0.25, -0.2) is 8.42 Å². The van der Waals surface area contributed by atoms with Gasteiger partial charge in [0.2, 0.25) is 0 Å². The Balaban J connectivity index is 2.44. The van der Waals surface area contributed by atoms with Gasteiger partial charge in [0.05, 0.1) is 5.75 Å². The molecule has 4 nitrogen and oxygen atoms in total. The van der Waals surface area contributed by atoms with Crippen molar-refractivity contribution in [2.75, 3.05) is 50.7 Å². The fourth-order valence-corrected chi connectivity index (χ4v) is 3.49. The average Bonchev–Trinajstić information content (AvgIpc) is 2.27. The zero-order valence-corrected chi connectivity index (χ0v) is 13.0. The van der Waals surface area contributed by atoms with Crippen LogP contribution in [-0.2, 0) is 14.6 Å². The molecule has 1 aliphatic heterocycles. The van der Waals surface area contributed by atoms with E-state index in [0.717, 1.165) is 37.9 Å². The van der Waals surface area contributed by atoms with Crippen molar-refractivity contribution in [2.45, 2.75) is 12.8 Å². The molecule has 0 aromatic carbocycles. The van der Waals surface area contributed by atoms with E-state index in [1.807, 2.05) is 7.05 Å². The first-order chi connectivity index (χ1) is 7.87. The van der Waals surface area contributed by atoms with Crippen molar-refractivity contribution >= 4 is 25.8 Å². The van der Waals surface area contributed by atoms with Crippen molar-refractivity contribution < 1.29 is 13.2 Å². The summed E-state index contributed by atoms with van der Waals surface area (Å²) in [7, 11) is -0.873.